The van der Waals surface area contributed by atoms with E-state index in [2.05, 4.69) is 26.5 Å². The predicted octanol–water partition coefficient (Wildman–Crippen LogP) is 3.38. The smallest absolute Gasteiger partial charge is 0.255 e. The van der Waals surface area contributed by atoms with Crippen LogP contribution in [0.15, 0.2) is 75.1 Å². The zero-order chi connectivity index (χ0) is 21.7. The average Bonchev–Trinajstić information content (AvgIpc) is 2.73. The molecule has 0 aliphatic rings. The van der Waals surface area contributed by atoms with Crippen molar-refractivity contribution >= 4 is 48.8 Å². The minimum absolute atomic E-state index is 0.124. The second-order valence-electron chi connectivity index (χ2n) is 6.45. The van der Waals surface area contributed by atoms with Gasteiger partial charge in [0.05, 0.1) is 24.8 Å². The number of nitrogens with one attached hydrogen (secondary N) is 1. The average molecular weight is 490 g/mol. The maximum absolute atomic E-state index is 12.8. The van der Waals surface area contributed by atoms with Crippen LogP contribution < -0.4 is 10.2 Å². The first kappa shape index (κ1) is 21.9. The fourth-order valence-corrected chi connectivity index (χ4v) is 4.35. The van der Waals surface area contributed by atoms with Crippen LogP contribution in [-0.2, 0) is 14.8 Å². The monoisotopic (exact) mass is 489 g/mol. The highest BCUT2D eigenvalue weighted by Gasteiger charge is 2.23. The van der Waals surface area contributed by atoms with Gasteiger partial charge in [0.1, 0.15) is 5.75 Å². The normalized spacial score (nSPS) is 11.9. The number of nitrogens with zero attached hydrogens (tertiary/aromatic N) is 2. The molecule has 0 aliphatic carbocycles. The van der Waals surface area contributed by atoms with Gasteiger partial charge in [-0.3, -0.25) is 4.79 Å². The SMILES string of the molecule is COc1ccc(Br)cc1C=NNC(=O)CN(C)S(=O)(=O)c1ccc2ccccc2c1. The summed E-state index contributed by atoms with van der Waals surface area (Å²) >= 11 is 3.36. The topological polar surface area (TPSA) is 88.1 Å². The molecule has 3 aromatic rings. The van der Waals surface area contributed by atoms with Crippen molar-refractivity contribution in [3.05, 3.63) is 70.7 Å². The number of rotatable bonds is 7. The molecule has 0 unspecified atom stereocenters. The van der Waals surface area contributed by atoms with Crippen LogP contribution in [0.2, 0.25) is 0 Å². The summed E-state index contributed by atoms with van der Waals surface area (Å²) in [7, 11) is -0.939. The molecule has 0 aliphatic heterocycles. The number of methoxy groups -OCH3 is 1. The molecule has 0 spiro atoms. The van der Waals surface area contributed by atoms with Crippen LogP contribution in [0, 0.1) is 0 Å². The summed E-state index contributed by atoms with van der Waals surface area (Å²) < 4.78 is 32.7. The van der Waals surface area contributed by atoms with E-state index in [1.54, 1.807) is 24.3 Å². The van der Waals surface area contributed by atoms with Gasteiger partial charge >= 0.3 is 0 Å². The molecule has 0 fully saturated rings. The van der Waals surface area contributed by atoms with Crippen LogP contribution in [0.5, 0.6) is 5.75 Å². The van der Waals surface area contributed by atoms with E-state index in [9.17, 15) is 13.2 Å². The molecule has 0 atom stereocenters. The number of amides is 1. The Labute approximate surface area is 183 Å². The van der Waals surface area contributed by atoms with Crippen molar-refractivity contribution < 1.29 is 17.9 Å². The van der Waals surface area contributed by atoms with Crippen LogP contribution in [0.1, 0.15) is 5.56 Å². The van der Waals surface area contributed by atoms with Crippen molar-refractivity contribution in [1.29, 1.82) is 0 Å². The molecule has 0 saturated carbocycles. The molecular weight excluding hydrogens is 470 g/mol. The molecule has 3 aromatic carbocycles. The standard InChI is InChI=1S/C21H20BrN3O4S/c1-25(30(27,28)19-9-7-15-5-3-4-6-16(15)12-19)14-21(26)24-23-13-17-11-18(22)8-10-20(17)29-2/h3-13H,14H2,1-2H3,(H,24,26). The summed E-state index contributed by atoms with van der Waals surface area (Å²) in [6.45, 7) is -0.373. The Morgan fingerprint density at radius 3 is 2.60 bits per heavy atom. The van der Waals surface area contributed by atoms with Crippen molar-refractivity contribution in [2.45, 2.75) is 4.90 Å². The molecule has 1 amide bonds. The predicted molar refractivity (Wildman–Crippen MR) is 120 cm³/mol. The minimum Gasteiger partial charge on any atom is -0.496 e. The first-order valence-electron chi connectivity index (χ1n) is 8.92. The van der Waals surface area contributed by atoms with E-state index in [4.69, 9.17) is 4.74 Å². The third-order valence-corrected chi connectivity index (χ3v) is 6.67. The molecule has 0 heterocycles. The van der Waals surface area contributed by atoms with E-state index in [1.807, 2.05) is 30.3 Å². The Hall–Kier alpha value is -2.75. The highest BCUT2D eigenvalue weighted by molar-refractivity contribution is 9.10. The number of benzene rings is 3. The van der Waals surface area contributed by atoms with Crippen LogP contribution >= 0.6 is 15.9 Å². The molecule has 30 heavy (non-hydrogen) atoms. The van der Waals surface area contributed by atoms with Gasteiger partial charge in [-0.05, 0) is 41.1 Å². The van der Waals surface area contributed by atoms with Gasteiger partial charge in [0.2, 0.25) is 10.0 Å². The summed E-state index contributed by atoms with van der Waals surface area (Å²) in [5.74, 6) is 0.0271. The second-order valence-corrected chi connectivity index (χ2v) is 9.41. The maximum atomic E-state index is 12.8. The van der Waals surface area contributed by atoms with Gasteiger partial charge in [-0.15, -0.1) is 0 Å². The molecular formula is C21H20BrN3O4S. The number of hydrogen-bond donors (Lipinski definition) is 1. The van der Waals surface area contributed by atoms with Gasteiger partial charge in [0, 0.05) is 17.1 Å². The Kier molecular flexibility index (Phi) is 6.86. The number of likely N-dealkylation sites (N-methyl/N-ethyl adjacent to an activating group) is 1. The third-order valence-electron chi connectivity index (χ3n) is 4.38. The number of hydrazone groups is 1. The molecule has 7 nitrogen and oxygen atoms in total. The van der Waals surface area contributed by atoms with Crippen molar-refractivity contribution in [1.82, 2.24) is 9.73 Å². The van der Waals surface area contributed by atoms with E-state index in [0.717, 1.165) is 19.6 Å². The lowest BCUT2D eigenvalue weighted by Gasteiger charge is -2.16. The summed E-state index contributed by atoms with van der Waals surface area (Å²) in [5.41, 5.74) is 3.00. The summed E-state index contributed by atoms with van der Waals surface area (Å²) in [5, 5.41) is 5.64. The fraction of sp³-hybridized carbons (Fsp3) is 0.143. The van der Waals surface area contributed by atoms with E-state index in [0.29, 0.717) is 11.3 Å². The highest BCUT2D eigenvalue weighted by Crippen LogP contribution is 2.22. The number of hydrogen-bond acceptors (Lipinski definition) is 5. The lowest BCUT2D eigenvalue weighted by molar-refractivity contribution is -0.121. The van der Waals surface area contributed by atoms with Gasteiger partial charge in [-0.1, -0.05) is 46.3 Å². The zero-order valence-electron chi connectivity index (χ0n) is 16.4. The summed E-state index contributed by atoms with van der Waals surface area (Å²) in [4.78, 5) is 12.3. The number of carbonyl (C=O) groups excluding carboxylic acids is 1. The van der Waals surface area contributed by atoms with E-state index >= 15 is 0 Å². The Bertz CT molecular complexity index is 1210. The number of halogens is 1. The van der Waals surface area contributed by atoms with Crippen molar-refractivity contribution in [3.8, 4) is 5.75 Å². The van der Waals surface area contributed by atoms with Gasteiger partial charge in [0.25, 0.3) is 5.91 Å². The van der Waals surface area contributed by atoms with Gasteiger partial charge in [0.15, 0.2) is 0 Å². The number of fused-ring (bicyclic) bond motifs is 1. The van der Waals surface area contributed by atoms with Crippen molar-refractivity contribution in [2.24, 2.45) is 5.10 Å². The molecule has 9 heteroatoms. The van der Waals surface area contributed by atoms with Gasteiger partial charge < -0.3 is 4.74 Å². The first-order valence-corrected chi connectivity index (χ1v) is 11.1. The van der Waals surface area contributed by atoms with Gasteiger partial charge in [-0.2, -0.15) is 9.41 Å². The molecule has 0 bridgehead atoms. The number of ether oxygens (including phenoxy) is 1. The Morgan fingerprint density at radius 2 is 1.87 bits per heavy atom. The molecule has 3 rings (SSSR count). The minimum atomic E-state index is -3.82. The molecule has 0 saturated heterocycles. The molecule has 156 valence electrons. The second kappa shape index (κ2) is 9.38. The summed E-state index contributed by atoms with van der Waals surface area (Å²) in [6, 6.07) is 17.7. The Morgan fingerprint density at radius 1 is 1.13 bits per heavy atom. The Balaban J connectivity index is 1.67. The van der Waals surface area contributed by atoms with Crippen molar-refractivity contribution in [3.63, 3.8) is 0 Å². The number of sulfonamides is 1. The molecule has 1 N–H and O–H groups in total. The van der Waals surface area contributed by atoms with Crippen LogP contribution in [-0.4, -0.2) is 45.5 Å². The van der Waals surface area contributed by atoms with Crippen LogP contribution in [0.3, 0.4) is 0 Å². The summed E-state index contributed by atoms with van der Waals surface area (Å²) in [6.07, 6.45) is 1.43. The first-order chi connectivity index (χ1) is 14.3. The largest absolute Gasteiger partial charge is 0.496 e. The van der Waals surface area contributed by atoms with Gasteiger partial charge in [-0.25, -0.2) is 13.8 Å². The van der Waals surface area contributed by atoms with E-state index in [-0.39, 0.29) is 11.4 Å². The molecule has 0 aromatic heterocycles. The van der Waals surface area contributed by atoms with E-state index < -0.39 is 15.9 Å². The van der Waals surface area contributed by atoms with E-state index in [1.165, 1.54) is 26.4 Å². The lowest BCUT2D eigenvalue weighted by atomic mass is 10.1. The van der Waals surface area contributed by atoms with Crippen LogP contribution in [0.25, 0.3) is 10.8 Å². The quantitative estimate of drug-likeness (QED) is 0.407. The van der Waals surface area contributed by atoms with Crippen molar-refractivity contribution in [2.75, 3.05) is 20.7 Å². The number of carbonyl (C=O) groups is 1. The molecule has 0 radical (unpaired) electrons. The fourth-order valence-electron chi connectivity index (χ4n) is 2.81. The van der Waals surface area contributed by atoms with Crippen LogP contribution in [0.4, 0.5) is 0 Å². The maximum Gasteiger partial charge on any atom is 0.255 e. The zero-order valence-corrected chi connectivity index (χ0v) is 18.8. The highest BCUT2D eigenvalue weighted by atomic mass is 79.9. The lowest BCUT2D eigenvalue weighted by Crippen LogP contribution is -2.36. The third kappa shape index (κ3) is 5.05.